The molecule has 1 amide bonds. The highest BCUT2D eigenvalue weighted by molar-refractivity contribution is 7.99. The number of amides is 1. The van der Waals surface area contributed by atoms with Crippen molar-refractivity contribution in [1.29, 1.82) is 0 Å². The first-order valence-corrected chi connectivity index (χ1v) is 12.9. The fourth-order valence-corrected chi connectivity index (χ4v) is 5.15. The summed E-state index contributed by atoms with van der Waals surface area (Å²) in [4.78, 5) is 34.2. The van der Waals surface area contributed by atoms with Crippen molar-refractivity contribution in [2.24, 2.45) is 0 Å². The predicted molar refractivity (Wildman–Crippen MR) is 141 cm³/mol. The van der Waals surface area contributed by atoms with Crippen LogP contribution in [-0.2, 0) is 16.1 Å². The van der Waals surface area contributed by atoms with Crippen LogP contribution in [0.4, 0.5) is 0 Å². The number of carbonyl (C=O) groups excluding carboxylic acids is 1. The van der Waals surface area contributed by atoms with Crippen LogP contribution < -0.4 is 15.6 Å². The van der Waals surface area contributed by atoms with E-state index in [9.17, 15) is 9.59 Å². The summed E-state index contributed by atoms with van der Waals surface area (Å²) in [5.74, 6) is 0.743. The third kappa shape index (κ3) is 5.32. The molecule has 0 spiro atoms. The first kappa shape index (κ1) is 24.1. The molecule has 5 rings (SSSR count). The zero-order chi connectivity index (χ0) is 24.9. The number of rotatable bonds is 9. The summed E-state index contributed by atoms with van der Waals surface area (Å²) in [5, 5.41) is 3.43. The minimum absolute atomic E-state index is 0.0768. The second-order valence-corrected chi connectivity index (χ2v) is 9.60. The summed E-state index contributed by atoms with van der Waals surface area (Å²) in [7, 11) is 1.61. The van der Waals surface area contributed by atoms with Gasteiger partial charge in [-0.2, -0.15) is 0 Å². The van der Waals surface area contributed by atoms with Crippen LogP contribution in [0.2, 0.25) is 0 Å². The number of hydrogen-bond donors (Lipinski definition) is 2. The molecule has 1 unspecified atom stereocenters. The Labute approximate surface area is 213 Å². The quantitative estimate of drug-likeness (QED) is 0.266. The third-order valence-corrected chi connectivity index (χ3v) is 7.17. The summed E-state index contributed by atoms with van der Waals surface area (Å²) in [6.07, 6.45) is 3.87. The lowest BCUT2D eigenvalue weighted by Crippen LogP contribution is -2.33. The summed E-state index contributed by atoms with van der Waals surface area (Å²) < 4.78 is 12.5. The van der Waals surface area contributed by atoms with E-state index in [1.165, 1.54) is 11.8 Å². The standard InChI is InChI=1S/C27H28N4O4S/c1-34-20-10-5-7-18(13-20)16-31-26(33)25-24(22(15-29-25)19-8-3-2-4-9-19)30-27(31)36-17-23(32)28-14-21-11-6-12-35-21/h2-5,7-10,13,15,21,29H,6,11-12,14,16-17H2,1H3,(H,28,32). The van der Waals surface area contributed by atoms with E-state index in [-0.39, 0.29) is 23.3 Å². The van der Waals surface area contributed by atoms with E-state index in [2.05, 4.69) is 10.3 Å². The van der Waals surface area contributed by atoms with Crippen molar-refractivity contribution in [3.8, 4) is 16.9 Å². The number of aromatic amines is 1. The molecule has 3 heterocycles. The Morgan fingerprint density at radius 2 is 2.11 bits per heavy atom. The van der Waals surface area contributed by atoms with Gasteiger partial charge in [-0.15, -0.1) is 0 Å². The Kier molecular flexibility index (Phi) is 7.39. The van der Waals surface area contributed by atoms with Gasteiger partial charge in [-0.25, -0.2) is 4.98 Å². The number of nitrogens with one attached hydrogen (secondary N) is 2. The number of ether oxygens (including phenoxy) is 2. The van der Waals surface area contributed by atoms with E-state index < -0.39 is 0 Å². The number of aromatic nitrogens is 3. The molecule has 4 aromatic rings. The number of thioether (sulfide) groups is 1. The fourth-order valence-electron chi connectivity index (χ4n) is 4.33. The van der Waals surface area contributed by atoms with Gasteiger partial charge in [0.2, 0.25) is 5.91 Å². The highest BCUT2D eigenvalue weighted by Crippen LogP contribution is 2.28. The molecule has 0 aliphatic carbocycles. The highest BCUT2D eigenvalue weighted by Gasteiger charge is 2.19. The Morgan fingerprint density at radius 3 is 2.89 bits per heavy atom. The molecule has 186 valence electrons. The van der Waals surface area contributed by atoms with E-state index in [1.807, 2.05) is 60.8 Å². The molecule has 8 nitrogen and oxygen atoms in total. The van der Waals surface area contributed by atoms with Crippen molar-refractivity contribution in [1.82, 2.24) is 19.9 Å². The molecule has 2 aromatic carbocycles. The topological polar surface area (TPSA) is 98.2 Å². The number of methoxy groups -OCH3 is 1. The van der Waals surface area contributed by atoms with Crippen LogP contribution in [-0.4, -0.2) is 52.6 Å². The Hall–Kier alpha value is -3.56. The van der Waals surface area contributed by atoms with E-state index in [0.717, 1.165) is 36.1 Å². The second kappa shape index (κ2) is 11.0. The normalized spacial score (nSPS) is 15.3. The molecular weight excluding hydrogens is 476 g/mol. The Bertz CT molecular complexity index is 1410. The van der Waals surface area contributed by atoms with Gasteiger partial charge >= 0.3 is 0 Å². The molecule has 0 bridgehead atoms. The van der Waals surface area contributed by atoms with Gasteiger partial charge in [0, 0.05) is 24.9 Å². The molecule has 2 aromatic heterocycles. The molecule has 1 aliphatic rings. The molecule has 0 saturated carbocycles. The van der Waals surface area contributed by atoms with Gasteiger partial charge in [-0.3, -0.25) is 14.2 Å². The van der Waals surface area contributed by atoms with Gasteiger partial charge in [-0.05, 0) is 36.1 Å². The average Bonchev–Trinajstić information content (AvgIpc) is 3.59. The van der Waals surface area contributed by atoms with Gasteiger partial charge in [0.05, 0.1) is 25.5 Å². The minimum Gasteiger partial charge on any atom is -0.497 e. The Morgan fingerprint density at radius 1 is 1.25 bits per heavy atom. The fraction of sp³-hybridized carbons (Fsp3) is 0.296. The van der Waals surface area contributed by atoms with Crippen LogP contribution in [0.25, 0.3) is 22.2 Å². The lowest BCUT2D eigenvalue weighted by Gasteiger charge is -2.14. The van der Waals surface area contributed by atoms with Gasteiger partial charge in [0.25, 0.3) is 5.56 Å². The number of nitrogens with zero attached hydrogens (tertiary/aromatic N) is 2. The van der Waals surface area contributed by atoms with Crippen LogP contribution >= 0.6 is 11.8 Å². The molecule has 1 fully saturated rings. The van der Waals surface area contributed by atoms with Crippen molar-refractivity contribution < 1.29 is 14.3 Å². The van der Waals surface area contributed by atoms with Crippen LogP contribution in [0.5, 0.6) is 5.75 Å². The van der Waals surface area contributed by atoms with Crippen molar-refractivity contribution in [2.45, 2.75) is 30.6 Å². The van der Waals surface area contributed by atoms with Crippen molar-refractivity contribution in [2.75, 3.05) is 26.0 Å². The monoisotopic (exact) mass is 504 g/mol. The van der Waals surface area contributed by atoms with E-state index >= 15 is 0 Å². The van der Waals surface area contributed by atoms with Gasteiger partial charge in [-0.1, -0.05) is 54.2 Å². The van der Waals surface area contributed by atoms with Gasteiger partial charge in [0.1, 0.15) is 16.8 Å². The molecule has 1 aliphatic heterocycles. The molecule has 36 heavy (non-hydrogen) atoms. The number of carbonyl (C=O) groups is 1. The zero-order valence-electron chi connectivity index (χ0n) is 20.0. The summed E-state index contributed by atoms with van der Waals surface area (Å²) in [6, 6.07) is 17.4. The van der Waals surface area contributed by atoms with E-state index in [1.54, 1.807) is 11.7 Å². The van der Waals surface area contributed by atoms with Crippen molar-refractivity contribution in [3.63, 3.8) is 0 Å². The van der Waals surface area contributed by atoms with Gasteiger partial charge in [0.15, 0.2) is 5.16 Å². The largest absolute Gasteiger partial charge is 0.497 e. The first-order valence-electron chi connectivity index (χ1n) is 11.9. The summed E-state index contributed by atoms with van der Waals surface area (Å²) >= 11 is 1.26. The average molecular weight is 505 g/mol. The SMILES string of the molecule is COc1cccc(Cn2c(SCC(=O)NCC3CCCO3)nc3c(-c4ccccc4)c[nH]c3c2=O)c1. The summed E-state index contributed by atoms with van der Waals surface area (Å²) in [6.45, 7) is 1.55. The molecule has 1 atom stereocenters. The van der Waals surface area contributed by atoms with Crippen LogP contribution in [0.3, 0.4) is 0 Å². The number of benzene rings is 2. The molecular formula is C27H28N4O4S. The number of fused-ring (bicyclic) bond motifs is 1. The summed E-state index contributed by atoms with van der Waals surface area (Å²) in [5.41, 5.74) is 3.55. The second-order valence-electron chi connectivity index (χ2n) is 8.66. The highest BCUT2D eigenvalue weighted by atomic mass is 32.2. The van der Waals surface area contributed by atoms with Crippen molar-refractivity contribution >= 4 is 28.7 Å². The maximum absolute atomic E-state index is 13.6. The van der Waals surface area contributed by atoms with Crippen LogP contribution in [0.15, 0.2) is 70.7 Å². The van der Waals surface area contributed by atoms with Gasteiger partial charge < -0.3 is 19.8 Å². The van der Waals surface area contributed by atoms with Crippen LogP contribution in [0.1, 0.15) is 18.4 Å². The maximum atomic E-state index is 13.6. The molecule has 1 saturated heterocycles. The lowest BCUT2D eigenvalue weighted by atomic mass is 10.1. The molecule has 9 heteroatoms. The van der Waals surface area contributed by atoms with E-state index in [0.29, 0.717) is 35.0 Å². The number of hydrogen-bond acceptors (Lipinski definition) is 6. The number of H-pyrrole nitrogens is 1. The van der Waals surface area contributed by atoms with Crippen molar-refractivity contribution in [3.05, 3.63) is 76.7 Å². The predicted octanol–water partition coefficient (Wildman–Crippen LogP) is 3.84. The van der Waals surface area contributed by atoms with Crippen LogP contribution in [0, 0.1) is 0 Å². The van der Waals surface area contributed by atoms with E-state index in [4.69, 9.17) is 14.5 Å². The zero-order valence-corrected chi connectivity index (χ0v) is 20.8. The molecule has 2 N–H and O–H groups in total. The molecule has 0 radical (unpaired) electrons. The minimum atomic E-state index is -0.188. The maximum Gasteiger partial charge on any atom is 0.278 e. The first-order chi connectivity index (χ1) is 17.6. The third-order valence-electron chi connectivity index (χ3n) is 6.19. The lowest BCUT2D eigenvalue weighted by molar-refractivity contribution is -0.119. The smallest absolute Gasteiger partial charge is 0.278 e. The Balaban J connectivity index is 1.47.